The van der Waals surface area contributed by atoms with E-state index in [1.54, 1.807) is 4.90 Å². The number of anilines is 1. The van der Waals surface area contributed by atoms with Crippen molar-refractivity contribution >= 4 is 21.6 Å². The highest BCUT2D eigenvalue weighted by Gasteiger charge is 2.25. The zero-order valence-electron chi connectivity index (χ0n) is 14.4. The molecule has 0 aromatic heterocycles. The number of benzene rings is 1. The van der Waals surface area contributed by atoms with Crippen LogP contribution in [0.4, 0.5) is 5.69 Å². The van der Waals surface area contributed by atoms with Crippen LogP contribution in [0, 0.1) is 11.3 Å². The van der Waals surface area contributed by atoms with Gasteiger partial charge in [-0.2, -0.15) is 5.26 Å². The molecule has 1 aliphatic rings. The average Bonchev–Trinajstić information content (AvgIpc) is 2.57. The fourth-order valence-corrected chi connectivity index (χ4v) is 3.80. The van der Waals surface area contributed by atoms with Gasteiger partial charge in [0, 0.05) is 31.4 Å². The van der Waals surface area contributed by atoms with Gasteiger partial charge < -0.3 is 4.90 Å². The van der Waals surface area contributed by atoms with E-state index < -0.39 is 10.0 Å². The second-order valence-corrected chi connectivity index (χ2v) is 8.01. The van der Waals surface area contributed by atoms with Gasteiger partial charge in [0.1, 0.15) is 0 Å². The van der Waals surface area contributed by atoms with E-state index in [2.05, 4.69) is 10.8 Å². The Labute approximate surface area is 149 Å². The Bertz CT molecular complexity index is 707. The predicted molar refractivity (Wildman–Crippen MR) is 96.5 cm³/mol. The highest BCUT2D eigenvalue weighted by molar-refractivity contribution is 7.88. The van der Waals surface area contributed by atoms with Crippen LogP contribution >= 0.6 is 0 Å². The molecule has 2 rings (SSSR count). The number of carbonyl (C=O) groups is 1. The molecule has 7 nitrogen and oxygen atoms in total. The first-order chi connectivity index (χ1) is 11.9. The lowest BCUT2D eigenvalue weighted by molar-refractivity contribution is -0.120. The number of hydrogen-bond donors (Lipinski definition) is 1. The Morgan fingerprint density at radius 3 is 2.52 bits per heavy atom. The third-order valence-electron chi connectivity index (χ3n) is 4.14. The van der Waals surface area contributed by atoms with Crippen LogP contribution in [0.15, 0.2) is 30.3 Å². The van der Waals surface area contributed by atoms with E-state index >= 15 is 0 Å². The maximum absolute atomic E-state index is 12.7. The average molecular weight is 364 g/mol. The van der Waals surface area contributed by atoms with Gasteiger partial charge in [0.25, 0.3) is 0 Å². The Balaban J connectivity index is 1.92. The maximum Gasteiger partial charge on any atom is 0.241 e. The minimum Gasteiger partial charge on any atom is -0.310 e. The van der Waals surface area contributed by atoms with Crippen LogP contribution in [0.25, 0.3) is 0 Å². The summed E-state index contributed by atoms with van der Waals surface area (Å²) in [6, 6.07) is 11.3. The van der Waals surface area contributed by atoms with Gasteiger partial charge in [-0.25, -0.2) is 13.1 Å². The number of sulfonamides is 1. The molecular weight excluding hydrogens is 340 g/mol. The predicted octanol–water partition coefficient (Wildman–Crippen LogP) is 0.947. The molecule has 1 heterocycles. The Morgan fingerprint density at radius 1 is 1.32 bits per heavy atom. The molecule has 1 saturated heterocycles. The topological polar surface area (TPSA) is 93.5 Å². The third-order valence-corrected chi connectivity index (χ3v) is 4.90. The van der Waals surface area contributed by atoms with Gasteiger partial charge in [-0.05, 0) is 25.0 Å². The van der Waals surface area contributed by atoms with Gasteiger partial charge in [0.2, 0.25) is 15.9 Å². The molecule has 0 bridgehead atoms. The number of carbonyl (C=O) groups excluding carboxylic acids is 1. The lowest BCUT2D eigenvalue weighted by Gasteiger charge is -2.33. The summed E-state index contributed by atoms with van der Waals surface area (Å²) in [6.07, 6.45) is 2.81. The van der Waals surface area contributed by atoms with Crippen LogP contribution < -0.4 is 9.62 Å². The first kappa shape index (κ1) is 19.4. The molecule has 0 spiro atoms. The van der Waals surface area contributed by atoms with Crippen molar-refractivity contribution in [2.24, 2.45) is 0 Å². The maximum atomic E-state index is 12.7. The van der Waals surface area contributed by atoms with Crippen molar-refractivity contribution in [1.29, 1.82) is 5.26 Å². The molecule has 8 heteroatoms. The van der Waals surface area contributed by atoms with Crippen molar-refractivity contribution in [2.45, 2.75) is 25.3 Å². The number of nitrogens with zero attached hydrogens (tertiary/aromatic N) is 3. The van der Waals surface area contributed by atoms with Gasteiger partial charge in [0.05, 0.1) is 25.3 Å². The minimum atomic E-state index is -3.20. The number of likely N-dealkylation sites (tertiary alicyclic amines) is 1. The van der Waals surface area contributed by atoms with Crippen LogP contribution in [-0.4, -0.2) is 57.7 Å². The number of para-hydroxylation sites is 1. The summed E-state index contributed by atoms with van der Waals surface area (Å²) in [5, 5.41) is 8.83. The first-order valence-corrected chi connectivity index (χ1v) is 10.2. The summed E-state index contributed by atoms with van der Waals surface area (Å²) in [5.41, 5.74) is 0.788. The van der Waals surface area contributed by atoms with Crippen molar-refractivity contribution in [1.82, 2.24) is 9.62 Å². The van der Waals surface area contributed by atoms with E-state index in [1.165, 1.54) is 0 Å². The van der Waals surface area contributed by atoms with Crippen molar-refractivity contribution in [3.8, 4) is 6.07 Å². The summed E-state index contributed by atoms with van der Waals surface area (Å²) in [6.45, 7) is 1.97. The first-order valence-electron chi connectivity index (χ1n) is 8.31. The number of nitrogens with one attached hydrogen (secondary N) is 1. The lowest BCUT2D eigenvalue weighted by atomic mass is 10.1. The molecule has 25 heavy (non-hydrogen) atoms. The summed E-state index contributed by atoms with van der Waals surface area (Å²) < 4.78 is 25.2. The van der Waals surface area contributed by atoms with Gasteiger partial charge in [-0.1, -0.05) is 18.2 Å². The normalized spacial score (nSPS) is 16.3. The van der Waals surface area contributed by atoms with Crippen LogP contribution in [0.5, 0.6) is 0 Å². The Morgan fingerprint density at radius 2 is 1.96 bits per heavy atom. The minimum absolute atomic E-state index is 0.0454. The van der Waals surface area contributed by atoms with Gasteiger partial charge in [-0.15, -0.1) is 0 Å². The number of nitriles is 1. The summed E-state index contributed by atoms with van der Waals surface area (Å²) in [7, 11) is -3.20. The summed E-state index contributed by atoms with van der Waals surface area (Å²) in [4.78, 5) is 16.4. The van der Waals surface area contributed by atoms with Crippen molar-refractivity contribution in [3.05, 3.63) is 30.3 Å². The third kappa shape index (κ3) is 6.46. The number of rotatable bonds is 7. The van der Waals surface area contributed by atoms with Crippen LogP contribution in [0.2, 0.25) is 0 Å². The fraction of sp³-hybridized carbons (Fsp3) is 0.529. The molecule has 1 aromatic rings. The number of hydrogen-bond acceptors (Lipinski definition) is 5. The van der Waals surface area contributed by atoms with E-state index in [-0.39, 0.29) is 24.9 Å². The van der Waals surface area contributed by atoms with Crippen LogP contribution in [0.1, 0.15) is 19.3 Å². The monoisotopic (exact) mass is 364 g/mol. The van der Waals surface area contributed by atoms with Crippen molar-refractivity contribution in [2.75, 3.05) is 37.3 Å². The second kappa shape index (κ2) is 8.94. The number of amides is 1. The Hall–Kier alpha value is -1.95. The largest absolute Gasteiger partial charge is 0.310 e. The summed E-state index contributed by atoms with van der Waals surface area (Å²) >= 11 is 0. The molecule has 1 fully saturated rings. The second-order valence-electron chi connectivity index (χ2n) is 6.23. The molecule has 1 amide bonds. The highest BCUT2D eigenvalue weighted by atomic mass is 32.2. The van der Waals surface area contributed by atoms with E-state index in [0.29, 0.717) is 32.5 Å². The summed E-state index contributed by atoms with van der Waals surface area (Å²) in [5.74, 6) is -0.0454. The molecule has 0 atom stereocenters. The zero-order valence-corrected chi connectivity index (χ0v) is 15.2. The van der Waals surface area contributed by atoms with Crippen molar-refractivity contribution in [3.63, 3.8) is 0 Å². The highest BCUT2D eigenvalue weighted by Crippen LogP contribution is 2.16. The van der Waals surface area contributed by atoms with Crippen LogP contribution in [0.3, 0.4) is 0 Å². The van der Waals surface area contributed by atoms with E-state index in [4.69, 9.17) is 5.26 Å². The molecule has 0 aliphatic carbocycles. The molecule has 0 saturated carbocycles. The molecule has 0 unspecified atom stereocenters. The smallest absolute Gasteiger partial charge is 0.241 e. The SMILES string of the molecule is CS(=O)(=O)NC1CCN(CC(=O)N(CCC#N)c2ccccc2)CC1. The molecular formula is C17H24N4O3S. The Kier molecular flexibility index (Phi) is 6.93. The van der Waals surface area contributed by atoms with Crippen molar-refractivity contribution < 1.29 is 13.2 Å². The molecule has 1 N–H and O–H groups in total. The fourth-order valence-electron chi connectivity index (χ4n) is 2.96. The van der Waals surface area contributed by atoms with E-state index in [1.807, 2.05) is 35.2 Å². The zero-order chi connectivity index (χ0) is 18.3. The van der Waals surface area contributed by atoms with Gasteiger partial charge in [0.15, 0.2) is 0 Å². The molecule has 136 valence electrons. The van der Waals surface area contributed by atoms with Gasteiger partial charge in [-0.3, -0.25) is 9.69 Å². The lowest BCUT2D eigenvalue weighted by Crippen LogP contribution is -2.48. The molecule has 0 radical (unpaired) electrons. The van der Waals surface area contributed by atoms with E-state index in [9.17, 15) is 13.2 Å². The van der Waals surface area contributed by atoms with Crippen LogP contribution in [-0.2, 0) is 14.8 Å². The van der Waals surface area contributed by atoms with E-state index in [0.717, 1.165) is 11.9 Å². The molecule has 1 aromatic carbocycles. The quantitative estimate of drug-likeness (QED) is 0.777. The number of piperidine rings is 1. The van der Waals surface area contributed by atoms with Gasteiger partial charge >= 0.3 is 0 Å². The molecule has 1 aliphatic heterocycles. The standard InChI is InChI=1S/C17H24N4O3S/c1-25(23,24)19-15-8-12-20(13-9-15)14-17(22)21(11-5-10-18)16-6-3-2-4-7-16/h2-4,6-7,15,19H,5,8-9,11-14H2,1H3.